The van der Waals surface area contributed by atoms with E-state index in [0.29, 0.717) is 11.5 Å². The monoisotopic (exact) mass is 326 g/mol. The Morgan fingerprint density at radius 3 is 2.48 bits per heavy atom. The van der Waals surface area contributed by atoms with Gasteiger partial charge in [-0.1, -0.05) is 0 Å². The van der Waals surface area contributed by atoms with Gasteiger partial charge < -0.3 is 15.2 Å². The second-order valence-electron chi connectivity index (χ2n) is 4.43. The zero-order valence-electron chi connectivity index (χ0n) is 10.7. The average Bonchev–Trinajstić information content (AvgIpc) is 2.73. The third-order valence-electron chi connectivity index (χ3n) is 2.68. The fourth-order valence-electron chi connectivity index (χ4n) is 1.73. The second kappa shape index (κ2) is 5.51. The van der Waals surface area contributed by atoms with Crippen LogP contribution < -0.4 is 19.9 Å². The summed E-state index contributed by atoms with van der Waals surface area (Å²) in [5, 5.41) is 0. The zero-order valence-corrected chi connectivity index (χ0v) is 11.6. The maximum Gasteiger partial charge on any atom is 0.389 e. The van der Waals surface area contributed by atoms with Crippen molar-refractivity contribution in [3.8, 4) is 11.5 Å². The quantitative estimate of drug-likeness (QED) is 0.809. The third-order valence-corrected chi connectivity index (χ3v) is 4.04. The molecule has 1 aromatic rings. The van der Waals surface area contributed by atoms with Gasteiger partial charge in [-0.3, -0.25) is 4.72 Å². The number of fused-ring (bicyclic) bond motifs is 1. The molecule has 0 unspecified atom stereocenters. The molecule has 0 fully saturated rings. The van der Waals surface area contributed by atoms with Crippen molar-refractivity contribution in [3.63, 3.8) is 0 Å². The van der Waals surface area contributed by atoms with Gasteiger partial charge in [-0.2, -0.15) is 13.2 Å². The number of rotatable bonds is 5. The van der Waals surface area contributed by atoms with Crippen LogP contribution in [0.1, 0.15) is 12.8 Å². The van der Waals surface area contributed by atoms with Crippen LogP contribution in [0.3, 0.4) is 0 Å². The molecule has 1 heterocycles. The van der Waals surface area contributed by atoms with E-state index in [-0.39, 0.29) is 18.2 Å². The predicted molar refractivity (Wildman–Crippen MR) is 69.7 cm³/mol. The van der Waals surface area contributed by atoms with Crippen LogP contribution in [0.15, 0.2) is 12.1 Å². The van der Waals surface area contributed by atoms with Gasteiger partial charge in [0.1, 0.15) is 0 Å². The number of sulfonamides is 1. The van der Waals surface area contributed by atoms with Crippen molar-refractivity contribution in [2.45, 2.75) is 19.0 Å². The average molecular weight is 326 g/mol. The van der Waals surface area contributed by atoms with Crippen LogP contribution in [-0.4, -0.2) is 27.1 Å². The van der Waals surface area contributed by atoms with Gasteiger partial charge in [0.05, 0.1) is 17.1 Å². The van der Waals surface area contributed by atoms with Gasteiger partial charge in [-0.15, -0.1) is 0 Å². The molecule has 0 radical (unpaired) electrons. The molecule has 21 heavy (non-hydrogen) atoms. The van der Waals surface area contributed by atoms with Crippen molar-refractivity contribution in [2.75, 3.05) is 23.0 Å². The number of nitrogens with one attached hydrogen (secondary N) is 1. The van der Waals surface area contributed by atoms with E-state index in [2.05, 4.69) is 4.72 Å². The zero-order chi connectivity index (χ0) is 15.7. The van der Waals surface area contributed by atoms with Crippen LogP contribution >= 0.6 is 0 Å². The van der Waals surface area contributed by atoms with Crippen molar-refractivity contribution in [1.29, 1.82) is 0 Å². The lowest BCUT2D eigenvalue weighted by Gasteiger charge is -2.11. The first-order valence-corrected chi connectivity index (χ1v) is 7.58. The van der Waals surface area contributed by atoms with Crippen molar-refractivity contribution >= 4 is 21.4 Å². The van der Waals surface area contributed by atoms with Gasteiger partial charge in [0.25, 0.3) is 0 Å². The van der Waals surface area contributed by atoms with E-state index in [4.69, 9.17) is 15.2 Å². The summed E-state index contributed by atoms with van der Waals surface area (Å²) in [7, 11) is -3.92. The highest BCUT2D eigenvalue weighted by molar-refractivity contribution is 7.92. The number of hydrogen-bond acceptors (Lipinski definition) is 5. The second-order valence-corrected chi connectivity index (χ2v) is 6.27. The molecule has 3 N–H and O–H groups in total. The minimum absolute atomic E-state index is 0.00341. The van der Waals surface area contributed by atoms with E-state index in [1.807, 2.05) is 0 Å². The smallest absolute Gasteiger partial charge is 0.389 e. The van der Waals surface area contributed by atoms with Crippen molar-refractivity contribution in [1.82, 2.24) is 0 Å². The molecule has 0 bridgehead atoms. The molecule has 1 aliphatic rings. The lowest BCUT2D eigenvalue weighted by atomic mass is 10.2. The Hall–Kier alpha value is -1.84. The number of alkyl halides is 3. The Labute approximate surface area is 119 Å². The first kappa shape index (κ1) is 15.5. The SMILES string of the molecule is Nc1cc2c(cc1NS(=O)(=O)CCCC(F)(F)F)OCO2. The Bertz CT molecular complexity index is 631. The minimum Gasteiger partial charge on any atom is -0.454 e. The van der Waals surface area contributed by atoms with Gasteiger partial charge >= 0.3 is 6.18 Å². The Morgan fingerprint density at radius 2 is 1.86 bits per heavy atom. The molecule has 6 nitrogen and oxygen atoms in total. The molecule has 0 atom stereocenters. The molecule has 1 aromatic carbocycles. The van der Waals surface area contributed by atoms with Gasteiger partial charge in [0.15, 0.2) is 11.5 Å². The molecular weight excluding hydrogens is 313 g/mol. The summed E-state index contributed by atoms with van der Waals surface area (Å²) in [5.74, 6) is 0.0464. The van der Waals surface area contributed by atoms with Crippen LogP contribution in [0.4, 0.5) is 24.5 Å². The van der Waals surface area contributed by atoms with E-state index < -0.39 is 34.8 Å². The molecule has 0 spiro atoms. The standard InChI is InChI=1S/C11H13F3N2O4S/c12-11(13,14)2-1-3-21(17,18)16-8-5-10-9(4-7(8)15)19-6-20-10/h4-5,16H,1-3,6,15H2. The van der Waals surface area contributed by atoms with Crippen LogP contribution in [0.2, 0.25) is 0 Å². The summed E-state index contributed by atoms with van der Waals surface area (Å²) in [6.45, 7) is -0.00341. The Balaban J connectivity index is 2.03. The number of benzene rings is 1. The minimum atomic E-state index is -4.38. The van der Waals surface area contributed by atoms with E-state index in [0.717, 1.165) is 0 Å². The number of hydrogen-bond donors (Lipinski definition) is 2. The molecule has 0 amide bonds. The first-order chi connectivity index (χ1) is 9.66. The summed E-state index contributed by atoms with van der Waals surface area (Å²) in [6, 6.07) is 2.72. The Kier molecular flexibility index (Phi) is 4.08. The molecule has 10 heteroatoms. The number of nitrogen functional groups attached to an aromatic ring is 1. The number of halogens is 3. The van der Waals surface area contributed by atoms with Crippen LogP contribution in [-0.2, 0) is 10.0 Å². The summed E-state index contributed by atoms with van der Waals surface area (Å²) in [6.07, 6.45) is -6.07. The maximum absolute atomic E-state index is 12.0. The van der Waals surface area contributed by atoms with Gasteiger partial charge in [0.2, 0.25) is 16.8 Å². The van der Waals surface area contributed by atoms with Crippen molar-refractivity contribution in [3.05, 3.63) is 12.1 Å². The molecule has 1 aliphatic heterocycles. The number of ether oxygens (including phenoxy) is 2. The van der Waals surface area contributed by atoms with Crippen molar-refractivity contribution < 1.29 is 31.1 Å². The largest absolute Gasteiger partial charge is 0.454 e. The lowest BCUT2D eigenvalue weighted by Crippen LogP contribution is -2.19. The molecule has 0 aromatic heterocycles. The normalized spacial score (nSPS) is 14.2. The highest BCUT2D eigenvalue weighted by Gasteiger charge is 2.27. The van der Waals surface area contributed by atoms with E-state index >= 15 is 0 Å². The van der Waals surface area contributed by atoms with Gasteiger partial charge in [0, 0.05) is 18.6 Å². The van der Waals surface area contributed by atoms with Crippen LogP contribution in [0.25, 0.3) is 0 Å². The summed E-state index contributed by atoms with van der Waals surface area (Å²) >= 11 is 0. The van der Waals surface area contributed by atoms with Crippen LogP contribution in [0.5, 0.6) is 11.5 Å². The fourth-order valence-corrected chi connectivity index (χ4v) is 2.87. The lowest BCUT2D eigenvalue weighted by molar-refractivity contribution is -0.134. The number of anilines is 2. The number of nitrogens with two attached hydrogens (primary N) is 1. The van der Waals surface area contributed by atoms with E-state index in [9.17, 15) is 21.6 Å². The van der Waals surface area contributed by atoms with Crippen LogP contribution in [0, 0.1) is 0 Å². The molecular formula is C11H13F3N2O4S. The Morgan fingerprint density at radius 1 is 1.24 bits per heavy atom. The topological polar surface area (TPSA) is 90.7 Å². The molecule has 118 valence electrons. The van der Waals surface area contributed by atoms with Gasteiger partial charge in [-0.25, -0.2) is 8.42 Å². The van der Waals surface area contributed by atoms with Gasteiger partial charge in [-0.05, 0) is 6.42 Å². The van der Waals surface area contributed by atoms with E-state index in [1.54, 1.807) is 0 Å². The molecule has 0 saturated heterocycles. The summed E-state index contributed by atoms with van der Waals surface area (Å²) in [4.78, 5) is 0. The predicted octanol–water partition coefficient (Wildman–Crippen LogP) is 2.08. The molecule has 0 saturated carbocycles. The molecule has 0 aliphatic carbocycles. The fraction of sp³-hybridized carbons (Fsp3) is 0.455. The highest BCUT2D eigenvalue weighted by Crippen LogP contribution is 2.38. The summed E-state index contributed by atoms with van der Waals surface area (Å²) < 4.78 is 71.8. The van der Waals surface area contributed by atoms with E-state index in [1.165, 1.54) is 12.1 Å². The summed E-state index contributed by atoms with van der Waals surface area (Å²) in [5.41, 5.74) is 5.80. The molecule has 2 rings (SSSR count). The highest BCUT2D eigenvalue weighted by atomic mass is 32.2. The maximum atomic E-state index is 12.0. The third kappa shape index (κ3) is 4.31. The first-order valence-electron chi connectivity index (χ1n) is 5.93. The van der Waals surface area contributed by atoms with Crippen molar-refractivity contribution in [2.24, 2.45) is 0 Å².